The van der Waals surface area contributed by atoms with Gasteiger partial charge in [0.15, 0.2) is 11.5 Å². The highest BCUT2D eigenvalue weighted by Gasteiger charge is 2.29. The van der Waals surface area contributed by atoms with Gasteiger partial charge in [0.1, 0.15) is 6.61 Å². The highest BCUT2D eigenvalue weighted by Crippen LogP contribution is 2.36. The molecule has 2 aromatic carbocycles. The van der Waals surface area contributed by atoms with Crippen LogP contribution in [0.15, 0.2) is 48.8 Å². The number of benzene rings is 2. The predicted octanol–water partition coefficient (Wildman–Crippen LogP) is 2.75. The smallest absolute Gasteiger partial charge is 0.229 e. The van der Waals surface area contributed by atoms with Crippen molar-refractivity contribution in [2.24, 2.45) is 5.92 Å². The number of aromatic nitrogens is 2. The summed E-state index contributed by atoms with van der Waals surface area (Å²) in [5.74, 6) is 1.41. The Balaban J connectivity index is 1.40. The molecule has 3 aromatic rings. The van der Waals surface area contributed by atoms with Crippen LogP contribution in [0.3, 0.4) is 0 Å². The van der Waals surface area contributed by atoms with Crippen LogP contribution in [0, 0.1) is 5.92 Å². The van der Waals surface area contributed by atoms with E-state index in [1.807, 2.05) is 55.8 Å². The molecule has 4 rings (SSSR count). The van der Waals surface area contributed by atoms with Crippen molar-refractivity contribution in [3.63, 3.8) is 0 Å². The number of nitrogens with zero attached hydrogens (tertiary/aromatic N) is 3. The van der Waals surface area contributed by atoms with Gasteiger partial charge in [0.2, 0.25) is 5.91 Å². The van der Waals surface area contributed by atoms with E-state index in [-0.39, 0.29) is 11.8 Å². The van der Waals surface area contributed by atoms with Crippen LogP contribution >= 0.6 is 0 Å². The summed E-state index contributed by atoms with van der Waals surface area (Å²) in [5, 5.41) is 0. The SMILES string of the molecule is COc1cccc2c1OCC(C(=O)N(C)CCn1cnc3ccccc31)C2. The third-order valence-corrected chi connectivity index (χ3v) is 5.10. The molecule has 0 N–H and O–H groups in total. The maximum absolute atomic E-state index is 12.9. The lowest BCUT2D eigenvalue weighted by Crippen LogP contribution is -2.40. The summed E-state index contributed by atoms with van der Waals surface area (Å²) in [6.45, 7) is 1.71. The fourth-order valence-electron chi connectivity index (χ4n) is 3.58. The molecule has 0 radical (unpaired) electrons. The van der Waals surface area contributed by atoms with E-state index in [9.17, 15) is 4.79 Å². The Labute approximate surface area is 158 Å². The van der Waals surface area contributed by atoms with Gasteiger partial charge in [-0.15, -0.1) is 0 Å². The Kier molecular flexibility index (Phi) is 4.71. The maximum Gasteiger partial charge on any atom is 0.229 e. The van der Waals surface area contributed by atoms with Crippen LogP contribution in [0.25, 0.3) is 11.0 Å². The summed E-state index contributed by atoms with van der Waals surface area (Å²) in [5.41, 5.74) is 3.08. The first-order valence-corrected chi connectivity index (χ1v) is 9.11. The molecule has 0 bridgehead atoms. The molecule has 0 saturated carbocycles. The average molecular weight is 365 g/mol. The van der Waals surface area contributed by atoms with Gasteiger partial charge in [-0.25, -0.2) is 4.98 Å². The Morgan fingerprint density at radius 3 is 3.00 bits per heavy atom. The lowest BCUT2D eigenvalue weighted by atomic mass is 9.95. The van der Waals surface area contributed by atoms with Crippen molar-refractivity contribution in [3.8, 4) is 11.5 Å². The number of hydrogen-bond acceptors (Lipinski definition) is 4. The minimum atomic E-state index is -0.172. The zero-order chi connectivity index (χ0) is 18.8. The molecule has 27 heavy (non-hydrogen) atoms. The van der Waals surface area contributed by atoms with Crippen molar-refractivity contribution in [1.29, 1.82) is 0 Å². The summed E-state index contributed by atoms with van der Waals surface area (Å²) in [6.07, 6.45) is 2.50. The number of likely N-dealkylation sites (N-methyl/N-ethyl adjacent to an activating group) is 1. The zero-order valence-electron chi connectivity index (χ0n) is 15.6. The summed E-state index contributed by atoms with van der Waals surface area (Å²) < 4.78 is 13.3. The quantitative estimate of drug-likeness (QED) is 0.698. The first-order valence-electron chi connectivity index (χ1n) is 9.11. The third-order valence-electron chi connectivity index (χ3n) is 5.10. The van der Waals surface area contributed by atoms with E-state index in [2.05, 4.69) is 9.55 Å². The number of carbonyl (C=O) groups excluding carboxylic acids is 1. The van der Waals surface area contributed by atoms with Crippen molar-refractivity contribution >= 4 is 16.9 Å². The van der Waals surface area contributed by atoms with E-state index in [4.69, 9.17) is 9.47 Å². The van der Waals surface area contributed by atoms with Crippen molar-refractivity contribution in [3.05, 3.63) is 54.4 Å². The first kappa shape index (κ1) is 17.4. The Bertz CT molecular complexity index is 966. The third kappa shape index (κ3) is 3.35. The largest absolute Gasteiger partial charge is 0.493 e. The molecule has 1 unspecified atom stereocenters. The molecule has 1 aliphatic rings. The molecule has 1 aromatic heterocycles. The Morgan fingerprint density at radius 1 is 1.30 bits per heavy atom. The molecule has 140 valence electrons. The van der Waals surface area contributed by atoms with Crippen molar-refractivity contribution in [1.82, 2.24) is 14.5 Å². The number of ether oxygens (including phenoxy) is 2. The van der Waals surface area contributed by atoms with Crippen LogP contribution < -0.4 is 9.47 Å². The molecule has 1 amide bonds. The predicted molar refractivity (Wildman–Crippen MR) is 103 cm³/mol. The molecule has 1 atom stereocenters. The number of imidazole rings is 1. The normalized spacial score (nSPS) is 15.9. The van der Waals surface area contributed by atoms with Crippen LogP contribution in [0.2, 0.25) is 0 Å². The van der Waals surface area contributed by atoms with Crippen LogP contribution in [0.1, 0.15) is 5.56 Å². The molecular formula is C21H23N3O3. The molecule has 0 spiro atoms. The number of rotatable bonds is 5. The van der Waals surface area contributed by atoms with E-state index in [0.29, 0.717) is 26.1 Å². The van der Waals surface area contributed by atoms with E-state index in [0.717, 1.165) is 28.1 Å². The number of amides is 1. The van der Waals surface area contributed by atoms with Gasteiger partial charge in [-0.1, -0.05) is 24.3 Å². The van der Waals surface area contributed by atoms with Gasteiger partial charge in [0.05, 0.1) is 30.4 Å². The molecule has 2 heterocycles. The number of para-hydroxylation sites is 3. The van der Waals surface area contributed by atoms with Gasteiger partial charge in [0, 0.05) is 20.1 Å². The second-order valence-corrected chi connectivity index (χ2v) is 6.85. The monoisotopic (exact) mass is 365 g/mol. The van der Waals surface area contributed by atoms with Gasteiger partial charge in [-0.05, 0) is 30.2 Å². The Hall–Kier alpha value is -3.02. The van der Waals surface area contributed by atoms with Crippen LogP contribution in [-0.2, 0) is 17.8 Å². The molecule has 0 fully saturated rings. The molecule has 0 aliphatic carbocycles. The molecule has 6 heteroatoms. The van der Waals surface area contributed by atoms with Crippen LogP contribution in [0.5, 0.6) is 11.5 Å². The molecule has 1 aliphatic heterocycles. The fourth-order valence-corrected chi connectivity index (χ4v) is 3.58. The van der Waals surface area contributed by atoms with Crippen molar-refractivity contribution < 1.29 is 14.3 Å². The number of hydrogen-bond donors (Lipinski definition) is 0. The number of fused-ring (bicyclic) bond motifs is 2. The second kappa shape index (κ2) is 7.31. The summed E-state index contributed by atoms with van der Waals surface area (Å²) in [6, 6.07) is 13.8. The highest BCUT2D eigenvalue weighted by molar-refractivity contribution is 5.80. The van der Waals surface area contributed by atoms with Gasteiger partial charge < -0.3 is 18.9 Å². The van der Waals surface area contributed by atoms with E-state index >= 15 is 0 Å². The summed E-state index contributed by atoms with van der Waals surface area (Å²) >= 11 is 0. The standard InChI is InChI=1S/C21H23N3O3/c1-23(10-11-24-14-22-17-7-3-4-8-18(17)24)21(25)16-12-15-6-5-9-19(26-2)20(15)27-13-16/h3-9,14,16H,10-13H2,1-2H3. The maximum atomic E-state index is 12.9. The fraction of sp³-hybridized carbons (Fsp3) is 0.333. The highest BCUT2D eigenvalue weighted by atomic mass is 16.5. The van der Waals surface area contributed by atoms with Crippen LogP contribution in [-0.4, -0.2) is 47.7 Å². The first-order chi connectivity index (χ1) is 13.2. The van der Waals surface area contributed by atoms with E-state index in [1.165, 1.54) is 0 Å². The van der Waals surface area contributed by atoms with Crippen LogP contribution in [0.4, 0.5) is 0 Å². The second-order valence-electron chi connectivity index (χ2n) is 6.85. The summed E-state index contributed by atoms with van der Waals surface area (Å²) in [4.78, 5) is 19.1. The topological polar surface area (TPSA) is 56.6 Å². The zero-order valence-corrected chi connectivity index (χ0v) is 15.6. The van der Waals surface area contributed by atoms with Gasteiger partial charge >= 0.3 is 0 Å². The molecule has 6 nitrogen and oxygen atoms in total. The minimum absolute atomic E-state index is 0.105. The average Bonchev–Trinajstić information content (AvgIpc) is 3.13. The summed E-state index contributed by atoms with van der Waals surface area (Å²) in [7, 11) is 3.48. The molecular weight excluding hydrogens is 342 g/mol. The minimum Gasteiger partial charge on any atom is -0.493 e. The lowest BCUT2D eigenvalue weighted by molar-refractivity contribution is -0.135. The van der Waals surface area contributed by atoms with Gasteiger partial charge in [0.25, 0.3) is 0 Å². The van der Waals surface area contributed by atoms with E-state index in [1.54, 1.807) is 12.0 Å². The number of methoxy groups -OCH3 is 1. The van der Waals surface area contributed by atoms with E-state index < -0.39 is 0 Å². The Morgan fingerprint density at radius 2 is 2.15 bits per heavy atom. The van der Waals surface area contributed by atoms with Crippen molar-refractivity contribution in [2.75, 3.05) is 27.3 Å². The molecule has 0 saturated heterocycles. The van der Waals surface area contributed by atoms with Crippen molar-refractivity contribution in [2.45, 2.75) is 13.0 Å². The van der Waals surface area contributed by atoms with Gasteiger partial charge in [-0.2, -0.15) is 0 Å². The number of carbonyl (C=O) groups is 1. The van der Waals surface area contributed by atoms with Gasteiger partial charge in [-0.3, -0.25) is 4.79 Å². The lowest BCUT2D eigenvalue weighted by Gasteiger charge is -2.29.